The van der Waals surface area contributed by atoms with Crippen LogP contribution in [0.25, 0.3) is 0 Å². The van der Waals surface area contributed by atoms with E-state index in [2.05, 4.69) is 10.2 Å². The SMILES string of the molecule is O=C(CN1C(=O)CNC1=O)N1CCN(c2ccc(Cl)cc2)CC1. The summed E-state index contributed by atoms with van der Waals surface area (Å²) in [4.78, 5) is 40.1. The van der Waals surface area contributed by atoms with Crippen molar-refractivity contribution in [1.82, 2.24) is 15.1 Å². The van der Waals surface area contributed by atoms with Gasteiger partial charge in [0.05, 0.1) is 6.54 Å². The number of carbonyl (C=O) groups excluding carboxylic acids is 3. The molecule has 1 aromatic rings. The number of rotatable bonds is 3. The average Bonchev–Trinajstić information content (AvgIpc) is 2.87. The number of halogens is 1. The van der Waals surface area contributed by atoms with Gasteiger partial charge >= 0.3 is 6.03 Å². The molecule has 3 rings (SSSR count). The lowest BCUT2D eigenvalue weighted by molar-refractivity contribution is -0.136. The third-order valence-electron chi connectivity index (χ3n) is 4.05. The van der Waals surface area contributed by atoms with Crippen LogP contribution in [-0.4, -0.2) is 66.9 Å². The van der Waals surface area contributed by atoms with Gasteiger partial charge in [-0.25, -0.2) is 4.79 Å². The van der Waals surface area contributed by atoms with Crippen LogP contribution in [0.3, 0.4) is 0 Å². The third-order valence-corrected chi connectivity index (χ3v) is 4.31. The molecule has 2 fully saturated rings. The van der Waals surface area contributed by atoms with Crippen LogP contribution in [0, 0.1) is 0 Å². The second-order valence-electron chi connectivity index (χ2n) is 5.48. The number of hydrogen-bond acceptors (Lipinski definition) is 4. The lowest BCUT2D eigenvalue weighted by atomic mass is 10.2. The Labute approximate surface area is 138 Å². The van der Waals surface area contributed by atoms with E-state index >= 15 is 0 Å². The fourth-order valence-corrected chi connectivity index (χ4v) is 2.84. The van der Waals surface area contributed by atoms with Gasteiger partial charge in [0.1, 0.15) is 6.54 Å². The second-order valence-corrected chi connectivity index (χ2v) is 5.92. The zero-order valence-corrected chi connectivity index (χ0v) is 13.3. The number of urea groups is 1. The topological polar surface area (TPSA) is 73.0 Å². The Morgan fingerprint density at radius 1 is 1.09 bits per heavy atom. The Hall–Kier alpha value is -2.28. The summed E-state index contributed by atoms with van der Waals surface area (Å²) < 4.78 is 0. The summed E-state index contributed by atoms with van der Waals surface area (Å²) in [5, 5.41) is 3.10. The van der Waals surface area contributed by atoms with E-state index in [9.17, 15) is 14.4 Å². The standard InChI is InChI=1S/C15H17ClN4O3/c16-11-1-3-12(4-2-11)18-5-7-19(8-6-18)14(22)10-20-13(21)9-17-15(20)23/h1-4H,5-10H2,(H,17,23). The van der Waals surface area contributed by atoms with Crippen molar-refractivity contribution in [2.24, 2.45) is 0 Å². The van der Waals surface area contributed by atoms with E-state index in [4.69, 9.17) is 11.6 Å². The van der Waals surface area contributed by atoms with Crippen molar-refractivity contribution in [2.75, 3.05) is 44.2 Å². The predicted molar refractivity (Wildman–Crippen MR) is 85.4 cm³/mol. The van der Waals surface area contributed by atoms with Crippen LogP contribution < -0.4 is 10.2 Å². The summed E-state index contributed by atoms with van der Waals surface area (Å²) in [6, 6.07) is 7.08. The Kier molecular flexibility index (Phi) is 4.38. The van der Waals surface area contributed by atoms with Crippen molar-refractivity contribution in [2.45, 2.75) is 0 Å². The molecule has 0 aromatic heterocycles. The van der Waals surface area contributed by atoms with Crippen LogP contribution in [0.5, 0.6) is 0 Å². The molecule has 23 heavy (non-hydrogen) atoms. The monoisotopic (exact) mass is 336 g/mol. The van der Waals surface area contributed by atoms with Crippen LogP contribution in [-0.2, 0) is 9.59 Å². The first-order chi connectivity index (χ1) is 11.0. The maximum absolute atomic E-state index is 12.2. The van der Waals surface area contributed by atoms with E-state index in [1.807, 2.05) is 24.3 Å². The van der Waals surface area contributed by atoms with Crippen LogP contribution in [0.2, 0.25) is 5.02 Å². The zero-order chi connectivity index (χ0) is 16.4. The molecule has 2 heterocycles. The van der Waals surface area contributed by atoms with E-state index in [0.29, 0.717) is 31.2 Å². The van der Waals surface area contributed by atoms with Gasteiger partial charge < -0.3 is 15.1 Å². The molecule has 0 radical (unpaired) electrons. The van der Waals surface area contributed by atoms with Gasteiger partial charge in [0, 0.05) is 36.9 Å². The molecule has 0 bridgehead atoms. The molecule has 2 aliphatic rings. The summed E-state index contributed by atoms with van der Waals surface area (Å²) in [5.74, 6) is -0.561. The highest BCUT2D eigenvalue weighted by atomic mass is 35.5. The first kappa shape index (κ1) is 15.6. The van der Waals surface area contributed by atoms with Crippen molar-refractivity contribution < 1.29 is 14.4 Å². The molecule has 122 valence electrons. The van der Waals surface area contributed by atoms with Gasteiger partial charge in [0.2, 0.25) is 5.91 Å². The molecule has 1 N–H and O–H groups in total. The second kappa shape index (κ2) is 6.45. The smallest absolute Gasteiger partial charge is 0.325 e. The lowest BCUT2D eigenvalue weighted by Gasteiger charge is -2.36. The van der Waals surface area contributed by atoms with Crippen molar-refractivity contribution in [1.29, 1.82) is 0 Å². The Morgan fingerprint density at radius 2 is 1.74 bits per heavy atom. The molecule has 2 saturated heterocycles. The Morgan fingerprint density at radius 3 is 2.30 bits per heavy atom. The fourth-order valence-electron chi connectivity index (χ4n) is 2.72. The quantitative estimate of drug-likeness (QED) is 0.818. The molecule has 2 aliphatic heterocycles. The van der Waals surface area contributed by atoms with Crippen molar-refractivity contribution in [3.63, 3.8) is 0 Å². The fraction of sp³-hybridized carbons (Fsp3) is 0.400. The highest BCUT2D eigenvalue weighted by Crippen LogP contribution is 2.19. The van der Waals surface area contributed by atoms with Gasteiger partial charge in [-0.3, -0.25) is 14.5 Å². The maximum atomic E-state index is 12.2. The Balaban J connectivity index is 1.54. The zero-order valence-electron chi connectivity index (χ0n) is 12.5. The minimum Gasteiger partial charge on any atom is -0.368 e. The normalized spacial score (nSPS) is 18.4. The van der Waals surface area contributed by atoms with Gasteiger partial charge in [-0.15, -0.1) is 0 Å². The maximum Gasteiger partial charge on any atom is 0.325 e. The molecule has 0 spiro atoms. The predicted octanol–water partition coefficient (Wildman–Crippen LogP) is 0.540. The van der Waals surface area contributed by atoms with Gasteiger partial charge in [-0.1, -0.05) is 11.6 Å². The van der Waals surface area contributed by atoms with E-state index in [-0.39, 0.29) is 24.9 Å². The number of benzene rings is 1. The van der Waals surface area contributed by atoms with Gasteiger partial charge in [0.25, 0.3) is 5.91 Å². The number of carbonyl (C=O) groups is 3. The molecule has 0 unspecified atom stereocenters. The third kappa shape index (κ3) is 3.39. The van der Waals surface area contributed by atoms with Gasteiger partial charge in [-0.2, -0.15) is 0 Å². The number of hydrogen-bond donors (Lipinski definition) is 1. The molecule has 0 atom stereocenters. The number of nitrogens with one attached hydrogen (secondary N) is 1. The molecule has 7 nitrogen and oxygen atoms in total. The lowest BCUT2D eigenvalue weighted by Crippen LogP contribution is -2.52. The van der Waals surface area contributed by atoms with Crippen LogP contribution in [0.1, 0.15) is 0 Å². The molecule has 0 saturated carbocycles. The van der Waals surface area contributed by atoms with Crippen LogP contribution >= 0.6 is 11.6 Å². The van der Waals surface area contributed by atoms with E-state index in [1.165, 1.54) is 0 Å². The summed E-state index contributed by atoms with van der Waals surface area (Å²) >= 11 is 5.88. The average molecular weight is 337 g/mol. The van der Waals surface area contributed by atoms with E-state index in [0.717, 1.165) is 10.6 Å². The molecular formula is C15H17ClN4O3. The molecule has 1 aromatic carbocycles. The summed E-state index contributed by atoms with van der Waals surface area (Å²) in [6.07, 6.45) is 0. The van der Waals surface area contributed by atoms with Crippen LogP contribution in [0.4, 0.5) is 10.5 Å². The summed E-state index contributed by atoms with van der Waals surface area (Å²) in [5.41, 5.74) is 1.07. The highest BCUT2D eigenvalue weighted by molar-refractivity contribution is 6.30. The van der Waals surface area contributed by atoms with Gasteiger partial charge in [-0.05, 0) is 24.3 Å². The molecule has 0 aliphatic carbocycles. The first-order valence-corrected chi connectivity index (χ1v) is 7.79. The largest absolute Gasteiger partial charge is 0.368 e. The van der Waals surface area contributed by atoms with Crippen molar-refractivity contribution >= 4 is 35.1 Å². The number of piperazine rings is 1. The van der Waals surface area contributed by atoms with E-state index in [1.54, 1.807) is 4.90 Å². The minimum absolute atomic E-state index is 0.0313. The van der Waals surface area contributed by atoms with Gasteiger partial charge in [0.15, 0.2) is 0 Å². The molecule has 8 heteroatoms. The first-order valence-electron chi connectivity index (χ1n) is 7.41. The number of nitrogens with zero attached hydrogens (tertiary/aromatic N) is 3. The summed E-state index contributed by atoms with van der Waals surface area (Å²) in [7, 11) is 0. The molecular weight excluding hydrogens is 320 g/mol. The highest BCUT2D eigenvalue weighted by Gasteiger charge is 2.32. The van der Waals surface area contributed by atoms with E-state index < -0.39 is 6.03 Å². The number of amides is 4. The number of imide groups is 1. The summed E-state index contributed by atoms with van der Waals surface area (Å²) in [6.45, 7) is 2.30. The van der Waals surface area contributed by atoms with Crippen molar-refractivity contribution in [3.05, 3.63) is 29.3 Å². The Bertz CT molecular complexity index is 610. The number of anilines is 1. The minimum atomic E-state index is -0.497. The molecule has 4 amide bonds. The van der Waals surface area contributed by atoms with Crippen molar-refractivity contribution in [3.8, 4) is 0 Å². The van der Waals surface area contributed by atoms with Crippen LogP contribution in [0.15, 0.2) is 24.3 Å².